The van der Waals surface area contributed by atoms with Crippen LogP contribution in [0.5, 0.6) is 0 Å². The number of amides is 1. The van der Waals surface area contributed by atoms with Crippen LogP contribution < -0.4 is 0 Å². The third-order valence-corrected chi connectivity index (χ3v) is 5.27. The topological polar surface area (TPSA) is 72.9 Å². The first-order valence-corrected chi connectivity index (χ1v) is 8.15. The summed E-state index contributed by atoms with van der Waals surface area (Å²) in [4.78, 5) is 37.7. The van der Waals surface area contributed by atoms with Crippen LogP contribution in [0, 0.1) is 17.8 Å². The van der Waals surface area contributed by atoms with Crippen LogP contribution >= 0.6 is 0 Å². The predicted molar refractivity (Wildman–Crippen MR) is 81.1 cm³/mol. The molecule has 0 N–H and O–H groups in total. The summed E-state index contributed by atoms with van der Waals surface area (Å²) >= 11 is 0. The summed E-state index contributed by atoms with van der Waals surface area (Å²) in [7, 11) is 0. The Kier molecular flexibility index (Phi) is 3.94. The van der Waals surface area contributed by atoms with Gasteiger partial charge in [-0.1, -0.05) is 6.58 Å². The van der Waals surface area contributed by atoms with E-state index in [0.29, 0.717) is 5.92 Å². The van der Waals surface area contributed by atoms with Crippen molar-refractivity contribution >= 4 is 17.8 Å². The fourth-order valence-corrected chi connectivity index (χ4v) is 4.46. The zero-order valence-electron chi connectivity index (χ0n) is 13.8. The van der Waals surface area contributed by atoms with E-state index in [2.05, 4.69) is 6.58 Å². The van der Waals surface area contributed by atoms with Crippen molar-refractivity contribution in [2.75, 3.05) is 6.61 Å². The lowest BCUT2D eigenvalue weighted by atomic mass is 9.87. The van der Waals surface area contributed by atoms with E-state index < -0.39 is 18.5 Å². The van der Waals surface area contributed by atoms with Crippen LogP contribution in [0.25, 0.3) is 0 Å². The molecule has 3 aliphatic rings. The highest BCUT2D eigenvalue weighted by atomic mass is 16.6. The van der Waals surface area contributed by atoms with Gasteiger partial charge in [0.25, 0.3) is 0 Å². The van der Waals surface area contributed by atoms with E-state index in [4.69, 9.17) is 9.47 Å². The Morgan fingerprint density at radius 2 is 2.04 bits per heavy atom. The Bertz CT molecular complexity index is 569. The van der Waals surface area contributed by atoms with E-state index in [-0.39, 0.29) is 41.5 Å². The molecule has 23 heavy (non-hydrogen) atoms. The maximum absolute atomic E-state index is 12.5. The van der Waals surface area contributed by atoms with Gasteiger partial charge in [0.05, 0.1) is 6.04 Å². The van der Waals surface area contributed by atoms with Gasteiger partial charge in [-0.05, 0) is 45.4 Å². The van der Waals surface area contributed by atoms with Crippen molar-refractivity contribution in [3.63, 3.8) is 0 Å². The highest BCUT2D eigenvalue weighted by Gasteiger charge is 2.64. The van der Waals surface area contributed by atoms with Crippen molar-refractivity contribution in [3.05, 3.63) is 12.2 Å². The van der Waals surface area contributed by atoms with Gasteiger partial charge in [-0.15, -0.1) is 0 Å². The van der Waals surface area contributed by atoms with Gasteiger partial charge in [0.1, 0.15) is 6.10 Å². The molecule has 3 rings (SSSR count). The predicted octanol–water partition coefficient (Wildman–Crippen LogP) is 1.29. The van der Waals surface area contributed by atoms with Crippen LogP contribution in [0.1, 0.15) is 33.6 Å². The van der Waals surface area contributed by atoms with Crippen LogP contribution in [-0.4, -0.2) is 47.5 Å². The number of carbonyl (C=O) groups excluding carboxylic acids is 3. The number of esters is 2. The Morgan fingerprint density at radius 3 is 2.65 bits per heavy atom. The molecule has 0 aromatic carbocycles. The molecule has 2 saturated carbocycles. The van der Waals surface area contributed by atoms with Gasteiger partial charge in [-0.2, -0.15) is 0 Å². The third kappa shape index (κ3) is 2.54. The molecule has 0 radical (unpaired) electrons. The standard InChI is InChI=1S/C17H23NO5/c1-8(2)17(21)22-7-13(19)23-15-10-5-11-12(6-10)16(20)18(9(3)4)14(11)15/h9-12,14-15H,1,5-7H2,2-4H3. The van der Waals surface area contributed by atoms with Crippen molar-refractivity contribution < 1.29 is 23.9 Å². The zero-order valence-corrected chi connectivity index (χ0v) is 13.8. The average Bonchev–Trinajstić information content (AvgIpc) is 3.08. The van der Waals surface area contributed by atoms with Crippen LogP contribution in [0.4, 0.5) is 0 Å². The van der Waals surface area contributed by atoms with Gasteiger partial charge in [-0.3, -0.25) is 4.79 Å². The Hall–Kier alpha value is -1.85. The lowest BCUT2D eigenvalue weighted by Gasteiger charge is -2.33. The molecule has 1 amide bonds. The molecule has 2 aliphatic carbocycles. The summed E-state index contributed by atoms with van der Waals surface area (Å²) in [5, 5.41) is 0. The summed E-state index contributed by atoms with van der Waals surface area (Å²) in [6.07, 6.45) is 1.46. The minimum Gasteiger partial charge on any atom is -0.457 e. The number of hydrogen-bond acceptors (Lipinski definition) is 5. The molecular formula is C17H23NO5. The van der Waals surface area contributed by atoms with E-state index in [9.17, 15) is 14.4 Å². The smallest absolute Gasteiger partial charge is 0.344 e. The van der Waals surface area contributed by atoms with Crippen molar-refractivity contribution in [2.24, 2.45) is 17.8 Å². The summed E-state index contributed by atoms with van der Waals surface area (Å²) in [6.45, 7) is 8.56. The lowest BCUT2D eigenvalue weighted by molar-refractivity contribution is -0.165. The van der Waals surface area contributed by atoms with E-state index in [0.717, 1.165) is 12.8 Å². The molecule has 1 saturated heterocycles. The molecule has 1 heterocycles. The largest absolute Gasteiger partial charge is 0.457 e. The molecule has 126 valence electrons. The SMILES string of the molecule is C=C(C)C(=O)OCC(=O)OC1C2CC3C(=O)N(C(C)C)C1C3C2. The van der Waals surface area contributed by atoms with Gasteiger partial charge in [0, 0.05) is 17.5 Å². The molecule has 6 heteroatoms. The Labute approximate surface area is 135 Å². The second kappa shape index (κ2) is 5.65. The van der Waals surface area contributed by atoms with Gasteiger partial charge >= 0.3 is 11.9 Å². The number of rotatable bonds is 5. The number of likely N-dealkylation sites (tertiary alicyclic amines) is 1. The molecular weight excluding hydrogens is 298 g/mol. The normalized spacial score (nSPS) is 34.2. The summed E-state index contributed by atoms with van der Waals surface area (Å²) in [5.74, 6) is -0.325. The fourth-order valence-electron chi connectivity index (χ4n) is 4.46. The molecule has 0 aromatic heterocycles. The molecule has 3 fully saturated rings. The van der Waals surface area contributed by atoms with Gasteiger partial charge in [0.15, 0.2) is 6.61 Å². The van der Waals surface area contributed by atoms with E-state index in [1.54, 1.807) is 0 Å². The van der Waals surface area contributed by atoms with Crippen molar-refractivity contribution in [3.8, 4) is 0 Å². The van der Waals surface area contributed by atoms with E-state index in [1.165, 1.54) is 6.92 Å². The summed E-state index contributed by atoms with van der Waals surface area (Å²) in [5.41, 5.74) is 0.243. The number of fused-ring (bicyclic) bond motifs is 1. The minimum absolute atomic E-state index is 0.0213. The molecule has 6 nitrogen and oxygen atoms in total. The van der Waals surface area contributed by atoms with Gasteiger partial charge in [0.2, 0.25) is 5.91 Å². The van der Waals surface area contributed by atoms with Crippen molar-refractivity contribution in [1.29, 1.82) is 0 Å². The van der Waals surface area contributed by atoms with E-state index in [1.807, 2.05) is 18.7 Å². The average molecular weight is 321 g/mol. The van der Waals surface area contributed by atoms with Crippen molar-refractivity contribution in [2.45, 2.75) is 51.8 Å². The molecule has 0 aromatic rings. The first-order chi connectivity index (χ1) is 10.8. The number of ether oxygens (including phenoxy) is 2. The first-order valence-electron chi connectivity index (χ1n) is 8.15. The molecule has 1 aliphatic heterocycles. The third-order valence-electron chi connectivity index (χ3n) is 5.27. The molecule has 2 bridgehead atoms. The maximum atomic E-state index is 12.5. The molecule has 5 atom stereocenters. The lowest BCUT2D eigenvalue weighted by Crippen LogP contribution is -2.47. The second-order valence-corrected chi connectivity index (χ2v) is 7.14. The van der Waals surface area contributed by atoms with Crippen LogP contribution in [0.3, 0.4) is 0 Å². The highest BCUT2D eigenvalue weighted by Crippen LogP contribution is 2.56. The van der Waals surface area contributed by atoms with Crippen LogP contribution in [0.15, 0.2) is 12.2 Å². The Balaban J connectivity index is 1.65. The highest BCUT2D eigenvalue weighted by molar-refractivity contribution is 5.88. The van der Waals surface area contributed by atoms with Crippen molar-refractivity contribution in [1.82, 2.24) is 4.90 Å². The van der Waals surface area contributed by atoms with Crippen LogP contribution in [0.2, 0.25) is 0 Å². The summed E-state index contributed by atoms with van der Waals surface area (Å²) in [6, 6.07) is 0.0753. The molecule has 0 spiro atoms. The monoisotopic (exact) mass is 321 g/mol. The number of carbonyl (C=O) groups is 3. The fraction of sp³-hybridized carbons (Fsp3) is 0.706. The van der Waals surface area contributed by atoms with Crippen LogP contribution in [-0.2, 0) is 23.9 Å². The van der Waals surface area contributed by atoms with Gasteiger partial charge < -0.3 is 14.4 Å². The number of hydrogen-bond donors (Lipinski definition) is 0. The quantitative estimate of drug-likeness (QED) is 0.563. The first kappa shape index (κ1) is 16.0. The number of nitrogens with zero attached hydrogens (tertiary/aromatic N) is 1. The van der Waals surface area contributed by atoms with E-state index >= 15 is 0 Å². The maximum Gasteiger partial charge on any atom is 0.344 e. The van der Waals surface area contributed by atoms with Gasteiger partial charge in [-0.25, -0.2) is 9.59 Å². The zero-order chi connectivity index (χ0) is 16.9. The summed E-state index contributed by atoms with van der Waals surface area (Å²) < 4.78 is 10.4. The second-order valence-electron chi connectivity index (χ2n) is 7.14. The Morgan fingerprint density at radius 1 is 1.35 bits per heavy atom. The molecule has 5 unspecified atom stereocenters. The minimum atomic E-state index is -0.602.